The van der Waals surface area contributed by atoms with E-state index in [9.17, 15) is 4.79 Å². The van der Waals surface area contributed by atoms with Crippen molar-refractivity contribution in [3.05, 3.63) is 11.6 Å². The summed E-state index contributed by atoms with van der Waals surface area (Å²) < 4.78 is 5.43. The average molecular weight is 251 g/mol. The van der Waals surface area contributed by atoms with E-state index in [4.69, 9.17) is 10.5 Å². The first kappa shape index (κ1) is 13.6. The summed E-state index contributed by atoms with van der Waals surface area (Å²) in [4.78, 5) is 12.0. The molecule has 0 heterocycles. The third-order valence-corrected chi connectivity index (χ3v) is 4.25. The molecule has 0 amide bonds. The summed E-state index contributed by atoms with van der Waals surface area (Å²) in [5.41, 5.74) is 6.95. The van der Waals surface area contributed by atoms with Crippen LogP contribution in [0.1, 0.15) is 47.0 Å². The molecule has 102 valence electrons. The normalized spacial score (nSPS) is 34.6. The van der Waals surface area contributed by atoms with Crippen molar-refractivity contribution in [2.24, 2.45) is 23.0 Å². The zero-order chi connectivity index (χ0) is 13.6. The standard InChI is InChI=1S/C15H25NO2/c1-10-5-11-7-15(9-16,12(11)6-10)8-13(17)18-14(2,3)4/h6,11-12H,5,7-9,16H2,1-4H3/t11-,12-,15-/m1/s1. The van der Waals surface area contributed by atoms with Crippen LogP contribution >= 0.6 is 0 Å². The number of esters is 1. The van der Waals surface area contributed by atoms with Gasteiger partial charge < -0.3 is 10.5 Å². The quantitative estimate of drug-likeness (QED) is 0.619. The van der Waals surface area contributed by atoms with Crippen LogP contribution in [0.3, 0.4) is 0 Å². The van der Waals surface area contributed by atoms with E-state index in [0.29, 0.717) is 18.9 Å². The zero-order valence-electron chi connectivity index (χ0n) is 12.0. The van der Waals surface area contributed by atoms with Gasteiger partial charge in [-0.3, -0.25) is 4.79 Å². The highest BCUT2D eigenvalue weighted by molar-refractivity contribution is 5.71. The van der Waals surface area contributed by atoms with Gasteiger partial charge >= 0.3 is 5.97 Å². The third-order valence-electron chi connectivity index (χ3n) is 4.25. The van der Waals surface area contributed by atoms with Crippen LogP contribution in [-0.4, -0.2) is 18.1 Å². The van der Waals surface area contributed by atoms with Crippen LogP contribution in [0.5, 0.6) is 0 Å². The third kappa shape index (κ3) is 2.46. The summed E-state index contributed by atoms with van der Waals surface area (Å²) in [6.07, 6.45) is 5.04. The van der Waals surface area contributed by atoms with Gasteiger partial charge in [0.2, 0.25) is 0 Å². The Labute approximate surface area is 110 Å². The predicted octanol–water partition coefficient (Wildman–Crippen LogP) is 2.65. The van der Waals surface area contributed by atoms with Gasteiger partial charge in [-0.2, -0.15) is 0 Å². The molecule has 0 aromatic rings. The van der Waals surface area contributed by atoms with E-state index < -0.39 is 5.60 Å². The maximum atomic E-state index is 12.0. The SMILES string of the molecule is CC1=C[C@@H]2[C@H](C1)C[C@]2(CN)CC(=O)OC(C)(C)C. The Morgan fingerprint density at radius 2 is 2.22 bits per heavy atom. The molecular weight excluding hydrogens is 226 g/mol. The van der Waals surface area contributed by atoms with E-state index in [1.807, 2.05) is 20.8 Å². The molecule has 1 saturated carbocycles. The number of ether oxygens (including phenoxy) is 1. The zero-order valence-corrected chi connectivity index (χ0v) is 12.0. The van der Waals surface area contributed by atoms with Gasteiger partial charge in [0, 0.05) is 0 Å². The molecule has 0 radical (unpaired) electrons. The Bertz CT molecular complexity index is 380. The largest absolute Gasteiger partial charge is 0.460 e. The van der Waals surface area contributed by atoms with Crippen molar-refractivity contribution in [3.8, 4) is 0 Å². The highest BCUT2D eigenvalue weighted by Crippen LogP contribution is 2.59. The minimum Gasteiger partial charge on any atom is -0.460 e. The van der Waals surface area contributed by atoms with Gasteiger partial charge in [0.15, 0.2) is 0 Å². The van der Waals surface area contributed by atoms with Crippen molar-refractivity contribution in [2.75, 3.05) is 6.54 Å². The number of hydrogen-bond acceptors (Lipinski definition) is 3. The number of nitrogens with two attached hydrogens (primary N) is 1. The molecule has 2 N–H and O–H groups in total. The highest BCUT2D eigenvalue weighted by atomic mass is 16.6. The fraction of sp³-hybridized carbons (Fsp3) is 0.800. The van der Waals surface area contributed by atoms with Crippen LogP contribution in [0.4, 0.5) is 0 Å². The number of carbonyl (C=O) groups excluding carboxylic acids is 1. The molecule has 0 saturated heterocycles. The first-order valence-electron chi connectivity index (χ1n) is 6.85. The summed E-state index contributed by atoms with van der Waals surface area (Å²) in [6.45, 7) is 8.47. The van der Waals surface area contributed by atoms with E-state index in [1.165, 1.54) is 12.0 Å². The first-order valence-corrected chi connectivity index (χ1v) is 6.85. The molecule has 18 heavy (non-hydrogen) atoms. The van der Waals surface area contributed by atoms with E-state index in [0.717, 1.165) is 12.3 Å². The second-order valence-corrected chi connectivity index (χ2v) is 7.04. The van der Waals surface area contributed by atoms with E-state index in [2.05, 4.69) is 13.0 Å². The summed E-state index contributed by atoms with van der Waals surface area (Å²) >= 11 is 0. The maximum absolute atomic E-state index is 12.0. The molecule has 0 bridgehead atoms. The van der Waals surface area contributed by atoms with Gasteiger partial charge in [0.05, 0.1) is 6.42 Å². The summed E-state index contributed by atoms with van der Waals surface area (Å²) in [6, 6.07) is 0. The average Bonchev–Trinajstić information content (AvgIpc) is 2.50. The van der Waals surface area contributed by atoms with Gasteiger partial charge in [-0.25, -0.2) is 0 Å². The Morgan fingerprint density at radius 1 is 1.56 bits per heavy atom. The number of allylic oxidation sites excluding steroid dienone is 2. The van der Waals surface area contributed by atoms with E-state index >= 15 is 0 Å². The number of rotatable bonds is 3. The van der Waals surface area contributed by atoms with Crippen molar-refractivity contribution >= 4 is 5.97 Å². The Hall–Kier alpha value is -0.830. The topological polar surface area (TPSA) is 52.3 Å². The van der Waals surface area contributed by atoms with Crippen LogP contribution in [0.2, 0.25) is 0 Å². The van der Waals surface area contributed by atoms with Crippen molar-refractivity contribution in [1.82, 2.24) is 0 Å². The predicted molar refractivity (Wildman–Crippen MR) is 71.9 cm³/mol. The van der Waals surface area contributed by atoms with Gasteiger partial charge in [-0.1, -0.05) is 11.6 Å². The second kappa shape index (κ2) is 4.37. The van der Waals surface area contributed by atoms with Crippen LogP contribution in [0.15, 0.2) is 11.6 Å². The smallest absolute Gasteiger partial charge is 0.306 e. The minimum atomic E-state index is -0.405. The molecule has 0 aromatic heterocycles. The Balaban J connectivity index is 2.01. The summed E-state index contributed by atoms with van der Waals surface area (Å²) in [5, 5.41) is 0. The van der Waals surface area contributed by atoms with E-state index in [1.54, 1.807) is 0 Å². The molecule has 2 rings (SSSR count). The maximum Gasteiger partial charge on any atom is 0.306 e. The van der Waals surface area contributed by atoms with Crippen molar-refractivity contribution < 1.29 is 9.53 Å². The van der Waals surface area contributed by atoms with Gasteiger partial charge in [0.1, 0.15) is 5.60 Å². The van der Waals surface area contributed by atoms with Crippen molar-refractivity contribution in [3.63, 3.8) is 0 Å². The van der Waals surface area contributed by atoms with Crippen LogP contribution < -0.4 is 5.73 Å². The lowest BCUT2D eigenvalue weighted by Crippen LogP contribution is -2.51. The minimum absolute atomic E-state index is 0.0369. The second-order valence-electron chi connectivity index (χ2n) is 7.04. The van der Waals surface area contributed by atoms with E-state index in [-0.39, 0.29) is 11.4 Å². The molecule has 0 aliphatic heterocycles. The lowest BCUT2D eigenvalue weighted by Gasteiger charge is -2.51. The van der Waals surface area contributed by atoms with Crippen molar-refractivity contribution in [1.29, 1.82) is 0 Å². The molecule has 0 aromatic carbocycles. The van der Waals surface area contributed by atoms with Crippen molar-refractivity contribution in [2.45, 2.75) is 52.6 Å². The number of fused-ring (bicyclic) bond motifs is 1. The first-order chi connectivity index (χ1) is 8.26. The lowest BCUT2D eigenvalue weighted by atomic mass is 9.53. The van der Waals surface area contributed by atoms with Crippen LogP contribution in [0, 0.1) is 17.3 Å². The molecule has 1 fully saturated rings. The highest BCUT2D eigenvalue weighted by Gasteiger charge is 2.54. The lowest BCUT2D eigenvalue weighted by molar-refractivity contribution is -0.162. The molecule has 3 atom stereocenters. The molecule has 3 nitrogen and oxygen atoms in total. The van der Waals surface area contributed by atoms with Crippen LogP contribution in [0.25, 0.3) is 0 Å². The van der Waals surface area contributed by atoms with Crippen LogP contribution in [-0.2, 0) is 9.53 Å². The molecule has 0 unspecified atom stereocenters. The van der Waals surface area contributed by atoms with Gasteiger partial charge in [-0.05, 0) is 64.3 Å². The summed E-state index contributed by atoms with van der Waals surface area (Å²) in [7, 11) is 0. The fourth-order valence-corrected chi connectivity index (χ4v) is 3.57. The number of hydrogen-bond donors (Lipinski definition) is 1. The van der Waals surface area contributed by atoms with Gasteiger partial charge in [0.25, 0.3) is 0 Å². The Kier molecular flexibility index (Phi) is 3.30. The van der Waals surface area contributed by atoms with Gasteiger partial charge in [-0.15, -0.1) is 0 Å². The monoisotopic (exact) mass is 251 g/mol. The molecular formula is C15H25NO2. The molecule has 0 spiro atoms. The molecule has 2 aliphatic carbocycles. The molecule has 2 aliphatic rings. The number of carbonyl (C=O) groups is 1. The molecule has 3 heteroatoms. The summed E-state index contributed by atoms with van der Waals surface area (Å²) in [5.74, 6) is 1.11. The fourth-order valence-electron chi connectivity index (χ4n) is 3.57. The Morgan fingerprint density at radius 3 is 2.72 bits per heavy atom.